The molecule has 0 aromatic carbocycles. The predicted molar refractivity (Wildman–Crippen MR) is 82.2 cm³/mol. The molecular weight excluding hydrogens is 280 g/mol. The van der Waals surface area contributed by atoms with Gasteiger partial charge in [0.1, 0.15) is 11.5 Å². The Bertz CT molecular complexity index is 658. The molecule has 6 nitrogen and oxygen atoms in total. The Balaban J connectivity index is 1.67. The van der Waals surface area contributed by atoms with E-state index in [0.29, 0.717) is 6.54 Å². The molecule has 0 fully saturated rings. The number of nitrogens with one attached hydrogen (secondary N) is 3. The number of carbonyl (C=O) groups excluding carboxylic acids is 1. The number of furan rings is 1. The van der Waals surface area contributed by atoms with E-state index in [1.807, 2.05) is 19.1 Å². The molecule has 1 aliphatic carbocycles. The van der Waals surface area contributed by atoms with Crippen LogP contribution >= 0.6 is 0 Å². The smallest absolute Gasteiger partial charge is 0.315 e. The minimum atomic E-state index is -0.179. The molecule has 3 N–H and O–H groups in total. The van der Waals surface area contributed by atoms with E-state index in [1.54, 1.807) is 6.20 Å². The summed E-state index contributed by atoms with van der Waals surface area (Å²) >= 11 is 0. The zero-order chi connectivity index (χ0) is 15.7. The minimum Gasteiger partial charge on any atom is -0.466 e. The highest BCUT2D eigenvalue weighted by Crippen LogP contribution is 2.41. The summed E-state index contributed by atoms with van der Waals surface area (Å²) in [7, 11) is 0. The number of H-pyrrole nitrogens is 1. The fourth-order valence-corrected chi connectivity index (χ4v) is 3.08. The van der Waals surface area contributed by atoms with Crippen LogP contribution in [-0.4, -0.2) is 16.2 Å². The molecule has 3 rings (SSSR count). The van der Waals surface area contributed by atoms with E-state index >= 15 is 0 Å². The summed E-state index contributed by atoms with van der Waals surface area (Å²) in [6.07, 6.45) is 3.47. The van der Waals surface area contributed by atoms with E-state index in [4.69, 9.17) is 4.42 Å². The van der Waals surface area contributed by atoms with Gasteiger partial charge in [-0.05, 0) is 30.9 Å². The van der Waals surface area contributed by atoms with Crippen molar-refractivity contribution in [2.45, 2.75) is 46.2 Å². The van der Waals surface area contributed by atoms with Crippen LogP contribution in [0, 0.1) is 12.3 Å². The first-order valence-corrected chi connectivity index (χ1v) is 7.55. The molecule has 2 heterocycles. The lowest BCUT2D eigenvalue weighted by atomic mass is 9.75. The minimum absolute atomic E-state index is 0.0158. The SMILES string of the molecule is Cc1cc2c(o1)CC(C)(C)C[C@H]2NC(=O)NCc1ccn[nH]1. The van der Waals surface area contributed by atoms with Gasteiger partial charge >= 0.3 is 6.03 Å². The third-order valence-corrected chi connectivity index (χ3v) is 4.04. The average Bonchev–Trinajstić information content (AvgIpc) is 3.04. The molecule has 0 spiro atoms. The van der Waals surface area contributed by atoms with E-state index in [1.165, 1.54) is 0 Å². The normalized spacial score (nSPS) is 19.5. The molecular formula is C16H22N4O2. The highest BCUT2D eigenvalue weighted by molar-refractivity contribution is 5.74. The van der Waals surface area contributed by atoms with Gasteiger partial charge in [0.05, 0.1) is 18.3 Å². The molecule has 0 aliphatic heterocycles. The molecule has 1 aliphatic rings. The van der Waals surface area contributed by atoms with Crippen LogP contribution in [0.3, 0.4) is 0 Å². The van der Waals surface area contributed by atoms with Gasteiger partial charge in [-0.15, -0.1) is 0 Å². The van der Waals surface area contributed by atoms with Crippen molar-refractivity contribution in [3.8, 4) is 0 Å². The van der Waals surface area contributed by atoms with Gasteiger partial charge in [-0.3, -0.25) is 5.10 Å². The molecule has 0 saturated carbocycles. The summed E-state index contributed by atoms with van der Waals surface area (Å²) in [6, 6.07) is 3.67. The first kappa shape index (κ1) is 14.7. The average molecular weight is 302 g/mol. The Morgan fingerprint density at radius 2 is 2.36 bits per heavy atom. The molecule has 0 saturated heterocycles. The first-order valence-electron chi connectivity index (χ1n) is 7.55. The number of hydrogen-bond acceptors (Lipinski definition) is 3. The van der Waals surface area contributed by atoms with Crippen LogP contribution in [0.4, 0.5) is 4.79 Å². The molecule has 1 atom stereocenters. The van der Waals surface area contributed by atoms with Crippen molar-refractivity contribution >= 4 is 6.03 Å². The summed E-state index contributed by atoms with van der Waals surface area (Å²) in [6.45, 7) is 6.77. The molecule has 118 valence electrons. The molecule has 0 unspecified atom stereocenters. The van der Waals surface area contributed by atoms with Gasteiger partial charge in [0.2, 0.25) is 0 Å². The summed E-state index contributed by atoms with van der Waals surface area (Å²) in [5, 5.41) is 12.6. The van der Waals surface area contributed by atoms with Gasteiger partial charge in [-0.25, -0.2) is 4.79 Å². The number of aromatic amines is 1. The molecule has 22 heavy (non-hydrogen) atoms. The number of urea groups is 1. The van der Waals surface area contributed by atoms with Crippen LogP contribution in [0.25, 0.3) is 0 Å². The van der Waals surface area contributed by atoms with Gasteiger partial charge in [0, 0.05) is 18.2 Å². The van der Waals surface area contributed by atoms with Crippen LogP contribution < -0.4 is 10.6 Å². The Morgan fingerprint density at radius 3 is 3.09 bits per heavy atom. The van der Waals surface area contributed by atoms with Gasteiger partial charge in [0.25, 0.3) is 0 Å². The zero-order valence-electron chi connectivity index (χ0n) is 13.2. The monoisotopic (exact) mass is 302 g/mol. The number of fused-ring (bicyclic) bond motifs is 1. The van der Waals surface area contributed by atoms with E-state index in [9.17, 15) is 4.79 Å². The maximum atomic E-state index is 12.1. The lowest BCUT2D eigenvalue weighted by molar-refractivity contribution is 0.214. The first-order chi connectivity index (χ1) is 10.4. The molecule has 0 bridgehead atoms. The van der Waals surface area contributed by atoms with Crippen molar-refractivity contribution in [2.24, 2.45) is 5.41 Å². The second-order valence-corrected chi connectivity index (χ2v) is 6.74. The second-order valence-electron chi connectivity index (χ2n) is 6.74. The van der Waals surface area contributed by atoms with Crippen LogP contribution in [0.5, 0.6) is 0 Å². The summed E-state index contributed by atoms with van der Waals surface area (Å²) in [5.41, 5.74) is 2.09. The molecule has 2 amide bonds. The quantitative estimate of drug-likeness (QED) is 0.815. The number of carbonyl (C=O) groups is 1. The number of amides is 2. The van der Waals surface area contributed by atoms with E-state index < -0.39 is 0 Å². The second kappa shape index (κ2) is 5.51. The summed E-state index contributed by atoms with van der Waals surface area (Å²) < 4.78 is 5.79. The van der Waals surface area contributed by atoms with Crippen LogP contribution in [0.2, 0.25) is 0 Å². The third kappa shape index (κ3) is 3.16. The van der Waals surface area contributed by atoms with E-state index in [0.717, 1.165) is 35.6 Å². The Kier molecular flexibility index (Phi) is 3.68. The molecule has 2 aromatic heterocycles. The van der Waals surface area contributed by atoms with E-state index in [-0.39, 0.29) is 17.5 Å². The molecule has 6 heteroatoms. The third-order valence-electron chi connectivity index (χ3n) is 4.04. The Labute approximate surface area is 129 Å². The van der Waals surface area contributed by atoms with Crippen molar-refractivity contribution in [3.05, 3.63) is 41.1 Å². The Hall–Kier alpha value is -2.24. The van der Waals surface area contributed by atoms with Crippen LogP contribution in [-0.2, 0) is 13.0 Å². The summed E-state index contributed by atoms with van der Waals surface area (Å²) in [5.74, 6) is 1.89. The van der Waals surface area contributed by atoms with Crippen molar-refractivity contribution in [3.63, 3.8) is 0 Å². The van der Waals surface area contributed by atoms with Crippen LogP contribution in [0.1, 0.15) is 49.1 Å². The highest BCUT2D eigenvalue weighted by Gasteiger charge is 2.35. The fraction of sp³-hybridized carbons (Fsp3) is 0.500. The van der Waals surface area contributed by atoms with Crippen LogP contribution in [0.15, 0.2) is 22.7 Å². The number of rotatable bonds is 3. The van der Waals surface area contributed by atoms with Crippen molar-refractivity contribution in [1.29, 1.82) is 0 Å². The molecule has 0 radical (unpaired) electrons. The lowest BCUT2D eigenvalue weighted by Crippen LogP contribution is -2.41. The zero-order valence-corrected chi connectivity index (χ0v) is 13.2. The fourth-order valence-electron chi connectivity index (χ4n) is 3.08. The maximum absolute atomic E-state index is 12.1. The van der Waals surface area contributed by atoms with Gasteiger partial charge in [-0.2, -0.15) is 5.10 Å². The van der Waals surface area contributed by atoms with Crippen molar-refractivity contribution in [1.82, 2.24) is 20.8 Å². The maximum Gasteiger partial charge on any atom is 0.315 e. The lowest BCUT2D eigenvalue weighted by Gasteiger charge is -2.34. The van der Waals surface area contributed by atoms with Gasteiger partial charge in [-0.1, -0.05) is 13.8 Å². The van der Waals surface area contributed by atoms with E-state index in [2.05, 4.69) is 34.7 Å². The number of hydrogen-bond donors (Lipinski definition) is 3. The standard InChI is InChI=1S/C16H22N4O2/c1-10-6-12-13(7-16(2,3)8-14(12)22-10)19-15(21)17-9-11-4-5-18-20-11/h4-6,13H,7-9H2,1-3H3,(H,18,20)(H2,17,19,21)/t13-/m1/s1. The number of aromatic nitrogens is 2. The number of aryl methyl sites for hydroxylation is 1. The van der Waals surface area contributed by atoms with Crippen molar-refractivity contribution in [2.75, 3.05) is 0 Å². The number of nitrogens with zero attached hydrogens (tertiary/aromatic N) is 1. The van der Waals surface area contributed by atoms with Gasteiger partial charge < -0.3 is 15.1 Å². The van der Waals surface area contributed by atoms with Gasteiger partial charge in [0.15, 0.2) is 0 Å². The highest BCUT2D eigenvalue weighted by atomic mass is 16.3. The van der Waals surface area contributed by atoms with Crippen molar-refractivity contribution < 1.29 is 9.21 Å². The summed E-state index contributed by atoms with van der Waals surface area (Å²) in [4.78, 5) is 12.1. The molecule has 2 aromatic rings. The predicted octanol–water partition coefficient (Wildman–Crippen LogP) is 2.82. The Morgan fingerprint density at radius 1 is 1.55 bits per heavy atom. The largest absolute Gasteiger partial charge is 0.466 e. The topological polar surface area (TPSA) is 82.9 Å².